The maximum atomic E-state index is 12.7. The summed E-state index contributed by atoms with van der Waals surface area (Å²) in [6.07, 6.45) is 0. The van der Waals surface area contributed by atoms with Crippen molar-refractivity contribution in [2.75, 3.05) is 36.8 Å². The number of benzene rings is 2. The fourth-order valence-electron chi connectivity index (χ4n) is 3.80. The lowest BCUT2D eigenvalue weighted by Gasteiger charge is -2.36. The van der Waals surface area contributed by atoms with Crippen molar-refractivity contribution in [3.8, 4) is 0 Å². The van der Waals surface area contributed by atoms with E-state index in [1.54, 1.807) is 11.8 Å². The third-order valence-corrected chi connectivity index (χ3v) is 6.31. The molecule has 2 aromatic carbocycles. The van der Waals surface area contributed by atoms with Crippen LogP contribution in [-0.4, -0.2) is 52.3 Å². The number of carbonyl (C=O) groups is 1. The number of anilines is 1. The predicted octanol–water partition coefficient (Wildman–Crippen LogP) is 3.81. The van der Waals surface area contributed by atoms with E-state index in [2.05, 4.69) is 53.6 Å². The molecule has 1 saturated heterocycles. The number of piperazine rings is 1. The van der Waals surface area contributed by atoms with Crippen LogP contribution in [-0.2, 0) is 11.3 Å². The van der Waals surface area contributed by atoms with E-state index in [4.69, 9.17) is 4.98 Å². The highest BCUT2D eigenvalue weighted by Crippen LogP contribution is 2.25. The van der Waals surface area contributed by atoms with Crippen LogP contribution in [0.3, 0.4) is 0 Å². The summed E-state index contributed by atoms with van der Waals surface area (Å²) in [6.45, 7) is 8.43. The van der Waals surface area contributed by atoms with E-state index in [1.165, 1.54) is 11.3 Å². The number of aryl methyl sites for hydroxylation is 2. The number of rotatable bonds is 5. The van der Waals surface area contributed by atoms with Crippen molar-refractivity contribution in [1.82, 2.24) is 14.5 Å². The van der Waals surface area contributed by atoms with E-state index in [-0.39, 0.29) is 5.91 Å². The van der Waals surface area contributed by atoms with Gasteiger partial charge in [-0.3, -0.25) is 4.79 Å². The number of imidazole rings is 1. The molecule has 1 fully saturated rings. The SMILES string of the molecule is CCn1c(SCC(=O)N2CCN(c3ccccc3C)CC2)nc2ccccc21. The molecule has 0 aliphatic carbocycles. The van der Waals surface area contributed by atoms with Gasteiger partial charge in [0.2, 0.25) is 5.91 Å². The largest absolute Gasteiger partial charge is 0.368 e. The van der Waals surface area contributed by atoms with Gasteiger partial charge in [-0.25, -0.2) is 4.98 Å². The van der Waals surface area contributed by atoms with Gasteiger partial charge in [0.1, 0.15) is 0 Å². The molecule has 0 bridgehead atoms. The van der Waals surface area contributed by atoms with Crippen molar-refractivity contribution >= 4 is 34.4 Å². The number of hydrogen-bond donors (Lipinski definition) is 0. The summed E-state index contributed by atoms with van der Waals surface area (Å²) in [5.74, 6) is 0.636. The number of aromatic nitrogens is 2. The number of para-hydroxylation sites is 3. The predicted molar refractivity (Wildman–Crippen MR) is 116 cm³/mol. The highest BCUT2D eigenvalue weighted by atomic mass is 32.2. The molecule has 0 radical (unpaired) electrons. The Morgan fingerprint density at radius 2 is 1.75 bits per heavy atom. The molecule has 1 aliphatic rings. The summed E-state index contributed by atoms with van der Waals surface area (Å²) in [7, 11) is 0. The van der Waals surface area contributed by atoms with Gasteiger partial charge in [0.05, 0.1) is 16.8 Å². The van der Waals surface area contributed by atoms with Gasteiger partial charge < -0.3 is 14.4 Å². The van der Waals surface area contributed by atoms with Crippen LogP contribution in [0.4, 0.5) is 5.69 Å². The molecule has 1 aromatic heterocycles. The molecule has 4 rings (SSSR count). The molecule has 0 unspecified atom stereocenters. The summed E-state index contributed by atoms with van der Waals surface area (Å²) in [4.78, 5) is 21.8. The van der Waals surface area contributed by atoms with Crippen LogP contribution in [0.2, 0.25) is 0 Å². The molecule has 6 heteroatoms. The first kappa shape index (κ1) is 18.9. The number of carbonyl (C=O) groups excluding carboxylic acids is 1. The number of fused-ring (bicyclic) bond motifs is 1. The second-order valence-corrected chi connectivity index (χ2v) is 8.01. The first-order valence-electron chi connectivity index (χ1n) is 9.84. The second kappa shape index (κ2) is 8.27. The van der Waals surface area contributed by atoms with Gasteiger partial charge in [0.15, 0.2) is 5.16 Å². The third kappa shape index (κ3) is 3.74. The molecule has 2 heterocycles. The van der Waals surface area contributed by atoms with E-state index >= 15 is 0 Å². The Hall–Kier alpha value is -2.47. The van der Waals surface area contributed by atoms with Crippen LogP contribution < -0.4 is 4.90 Å². The van der Waals surface area contributed by atoms with Crippen molar-refractivity contribution < 1.29 is 4.79 Å². The normalized spacial score (nSPS) is 14.6. The fraction of sp³-hybridized carbons (Fsp3) is 0.364. The number of hydrogen-bond acceptors (Lipinski definition) is 4. The first-order valence-corrected chi connectivity index (χ1v) is 10.8. The van der Waals surface area contributed by atoms with Crippen LogP contribution in [0.1, 0.15) is 12.5 Å². The standard InChI is InChI=1S/C22H26N4OS/c1-3-26-20-11-7-5-9-18(20)23-22(26)28-16-21(27)25-14-12-24(13-15-25)19-10-6-4-8-17(19)2/h4-11H,3,12-16H2,1-2H3. The zero-order valence-electron chi connectivity index (χ0n) is 16.5. The Labute approximate surface area is 170 Å². The van der Waals surface area contributed by atoms with Crippen molar-refractivity contribution in [2.24, 2.45) is 0 Å². The maximum absolute atomic E-state index is 12.7. The Bertz CT molecular complexity index is 976. The highest BCUT2D eigenvalue weighted by Gasteiger charge is 2.22. The lowest BCUT2D eigenvalue weighted by molar-refractivity contribution is -0.128. The highest BCUT2D eigenvalue weighted by molar-refractivity contribution is 7.99. The smallest absolute Gasteiger partial charge is 0.233 e. The average molecular weight is 395 g/mol. The molecule has 0 saturated carbocycles. The fourth-order valence-corrected chi connectivity index (χ4v) is 4.78. The summed E-state index contributed by atoms with van der Waals surface area (Å²) in [5, 5.41) is 0.926. The molecular formula is C22H26N4OS. The molecule has 146 valence electrons. The van der Waals surface area contributed by atoms with Crippen molar-refractivity contribution in [2.45, 2.75) is 25.5 Å². The van der Waals surface area contributed by atoms with Gasteiger partial charge in [-0.05, 0) is 37.6 Å². The van der Waals surface area contributed by atoms with Crippen molar-refractivity contribution in [3.05, 3.63) is 54.1 Å². The van der Waals surface area contributed by atoms with Gasteiger partial charge in [0, 0.05) is 38.4 Å². The van der Waals surface area contributed by atoms with E-state index < -0.39 is 0 Å². The molecule has 1 aliphatic heterocycles. The van der Waals surface area contributed by atoms with Crippen LogP contribution in [0.5, 0.6) is 0 Å². The van der Waals surface area contributed by atoms with Gasteiger partial charge in [-0.15, -0.1) is 0 Å². The minimum absolute atomic E-state index is 0.198. The Morgan fingerprint density at radius 1 is 1.04 bits per heavy atom. The number of nitrogens with zero attached hydrogens (tertiary/aromatic N) is 4. The molecule has 1 amide bonds. The van der Waals surface area contributed by atoms with Gasteiger partial charge in [0.25, 0.3) is 0 Å². The van der Waals surface area contributed by atoms with Crippen LogP contribution >= 0.6 is 11.8 Å². The Kier molecular flexibility index (Phi) is 5.57. The molecule has 0 atom stereocenters. The molecule has 28 heavy (non-hydrogen) atoms. The lowest BCUT2D eigenvalue weighted by Crippen LogP contribution is -2.49. The molecular weight excluding hydrogens is 368 g/mol. The zero-order valence-corrected chi connectivity index (χ0v) is 17.3. The minimum atomic E-state index is 0.198. The Morgan fingerprint density at radius 3 is 2.50 bits per heavy atom. The minimum Gasteiger partial charge on any atom is -0.368 e. The summed E-state index contributed by atoms with van der Waals surface area (Å²) >= 11 is 1.55. The zero-order chi connectivity index (χ0) is 19.5. The van der Waals surface area contributed by atoms with E-state index in [0.717, 1.165) is 48.9 Å². The Balaban J connectivity index is 1.36. The van der Waals surface area contributed by atoms with Crippen LogP contribution in [0.15, 0.2) is 53.7 Å². The van der Waals surface area contributed by atoms with E-state index in [9.17, 15) is 4.79 Å². The summed E-state index contributed by atoms with van der Waals surface area (Å²) in [5.41, 5.74) is 4.69. The third-order valence-electron chi connectivity index (χ3n) is 5.35. The summed E-state index contributed by atoms with van der Waals surface area (Å²) < 4.78 is 2.18. The summed E-state index contributed by atoms with van der Waals surface area (Å²) in [6, 6.07) is 16.6. The first-order chi connectivity index (χ1) is 13.7. The van der Waals surface area contributed by atoms with Crippen molar-refractivity contribution in [3.63, 3.8) is 0 Å². The topological polar surface area (TPSA) is 41.4 Å². The molecule has 0 spiro atoms. The lowest BCUT2D eigenvalue weighted by atomic mass is 10.1. The number of amides is 1. The van der Waals surface area contributed by atoms with Crippen LogP contribution in [0, 0.1) is 6.92 Å². The second-order valence-electron chi connectivity index (χ2n) is 7.07. The average Bonchev–Trinajstić information content (AvgIpc) is 3.10. The quantitative estimate of drug-likeness (QED) is 0.617. The van der Waals surface area contributed by atoms with Crippen molar-refractivity contribution in [1.29, 1.82) is 0 Å². The van der Waals surface area contributed by atoms with Gasteiger partial charge in [-0.1, -0.05) is 42.1 Å². The maximum Gasteiger partial charge on any atom is 0.233 e. The van der Waals surface area contributed by atoms with E-state index in [1.807, 2.05) is 23.1 Å². The van der Waals surface area contributed by atoms with Gasteiger partial charge >= 0.3 is 0 Å². The van der Waals surface area contributed by atoms with E-state index in [0.29, 0.717) is 5.75 Å². The monoisotopic (exact) mass is 394 g/mol. The van der Waals surface area contributed by atoms with Crippen LogP contribution in [0.25, 0.3) is 11.0 Å². The molecule has 3 aromatic rings. The molecule has 0 N–H and O–H groups in total. The molecule has 5 nitrogen and oxygen atoms in total. The number of thioether (sulfide) groups is 1. The van der Waals surface area contributed by atoms with Gasteiger partial charge in [-0.2, -0.15) is 0 Å².